The zero-order valence-electron chi connectivity index (χ0n) is 7.05. The fourth-order valence-corrected chi connectivity index (χ4v) is 1.09. The summed E-state index contributed by atoms with van der Waals surface area (Å²) in [5.41, 5.74) is 1.57. The molecule has 1 aliphatic carbocycles. The third kappa shape index (κ3) is 2.37. The molecule has 11 heavy (non-hydrogen) atoms. The van der Waals surface area contributed by atoms with Crippen LogP contribution in [-0.2, 0) is 4.79 Å². The van der Waals surface area contributed by atoms with Gasteiger partial charge in [-0.2, -0.15) is 0 Å². The Hall–Kier alpha value is -0.790. The van der Waals surface area contributed by atoms with Gasteiger partial charge in [0.2, 0.25) is 0 Å². The Morgan fingerprint density at radius 1 is 1.45 bits per heavy atom. The highest BCUT2D eigenvalue weighted by molar-refractivity contribution is 5.86. The number of allylic oxidation sites excluding steroid dienone is 1. The van der Waals surface area contributed by atoms with E-state index in [1.807, 2.05) is 6.92 Å². The minimum Gasteiger partial charge on any atom is -0.478 e. The van der Waals surface area contributed by atoms with Gasteiger partial charge in [-0.3, -0.25) is 0 Å². The Labute approximate surface area is 66.9 Å². The lowest BCUT2D eigenvalue weighted by molar-refractivity contribution is -0.132. The molecule has 2 heteroatoms. The number of hydrogen-bond donors (Lipinski definition) is 1. The Bertz CT molecular complexity index is 200. The summed E-state index contributed by atoms with van der Waals surface area (Å²) in [6, 6.07) is 0. The molecule has 0 aliphatic heterocycles. The van der Waals surface area contributed by atoms with Crippen LogP contribution in [0, 0.1) is 5.92 Å². The predicted octanol–water partition coefficient (Wildman–Crippen LogP) is 2.21. The van der Waals surface area contributed by atoms with Gasteiger partial charge in [-0.1, -0.05) is 5.57 Å². The fourth-order valence-electron chi connectivity index (χ4n) is 1.09. The van der Waals surface area contributed by atoms with Crippen molar-refractivity contribution in [3.8, 4) is 0 Å². The van der Waals surface area contributed by atoms with Gasteiger partial charge in [0.05, 0.1) is 0 Å². The maximum absolute atomic E-state index is 10.5. The topological polar surface area (TPSA) is 37.3 Å². The molecule has 0 spiro atoms. The first-order chi connectivity index (χ1) is 5.11. The van der Waals surface area contributed by atoms with Crippen molar-refractivity contribution in [1.82, 2.24) is 0 Å². The molecule has 1 aliphatic rings. The molecule has 0 bridgehead atoms. The SMILES string of the molecule is CC(CC1CC1)=C(C)C(=O)O. The maximum Gasteiger partial charge on any atom is 0.331 e. The van der Waals surface area contributed by atoms with Crippen LogP contribution in [0.1, 0.15) is 33.1 Å². The lowest BCUT2D eigenvalue weighted by Crippen LogP contribution is -1.99. The molecule has 0 saturated heterocycles. The fraction of sp³-hybridized carbons (Fsp3) is 0.667. The van der Waals surface area contributed by atoms with Crippen LogP contribution in [0.25, 0.3) is 0 Å². The number of rotatable bonds is 3. The van der Waals surface area contributed by atoms with E-state index >= 15 is 0 Å². The standard InChI is InChI=1S/C9H14O2/c1-6(5-8-3-4-8)7(2)9(10)11/h8H,3-5H2,1-2H3,(H,10,11). The Morgan fingerprint density at radius 3 is 2.36 bits per heavy atom. The Morgan fingerprint density at radius 2 is 2.00 bits per heavy atom. The van der Waals surface area contributed by atoms with Gasteiger partial charge in [0, 0.05) is 5.57 Å². The van der Waals surface area contributed by atoms with Gasteiger partial charge >= 0.3 is 5.97 Å². The Kier molecular flexibility index (Phi) is 2.32. The summed E-state index contributed by atoms with van der Waals surface area (Å²) in [4.78, 5) is 10.5. The molecule has 1 fully saturated rings. The lowest BCUT2D eigenvalue weighted by atomic mass is 10.1. The van der Waals surface area contributed by atoms with E-state index in [1.54, 1.807) is 6.92 Å². The van der Waals surface area contributed by atoms with Crippen LogP contribution < -0.4 is 0 Å². The number of aliphatic carboxylic acids is 1. The molecule has 0 amide bonds. The zero-order chi connectivity index (χ0) is 8.43. The Balaban J connectivity index is 2.52. The quantitative estimate of drug-likeness (QED) is 0.633. The molecule has 0 atom stereocenters. The second kappa shape index (κ2) is 3.07. The van der Waals surface area contributed by atoms with E-state index < -0.39 is 5.97 Å². The average Bonchev–Trinajstić information content (AvgIpc) is 2.69. The number of carboxylic acid groups (broad SMARTS) is 1. The van der Waals surface area contributed by atoms with Crippen molar-refractivity contribution in [2.75, 3.05) is 0 Å². The van der Waals surface area contributed by atoms with Crippen LogP contribution in [0.15, 0.2) is 11.1 Å². The van der Waals surface area contributed by atoms with E-state index in [0.717, 1.165) is 17.9 Å². The number of hydrogen-bond acceptors (Lipinski definition) is 1. The second-order valence-corrected chi connectivity index (χ2v) is 3.36. The van der Waals surface area contributed by atoms with Crippen molar-refractivity contribution >= 4 is 5.97 Å². The van der Waals surface area contributed by atoms with Gasteiger partial charge in [-0.15, -0.1) is 0 Å². The predicted molar refractivity (Wildman–Crippen MR) is 43.4 cm³/mol. The maximum atomic E-state index is 10.5. The molecule has 0 aromatic rings. The van der Waals surface area contributed by atoms with E-state index in [9.17, 15) is 4.79 Å². The van der Waals surface area contributed by atoms with Crippen LogP contribution in [0.2, 0.25) is 0 Å². The summed E-state index contributed by atoms with van der Waals surface area (Å²) in [6.07, 6.45) is 3.55. The highest BCUT2D eigenvalue weighted by Gasteiger charge is 2.22. The van der Waals surface area contributed by atoms with Crippen molar-refractivity contribution in [3.63, 3.8) is 0 Å². The van der Waals surface area contributed by atoms with Crippen molar-refractivity contribution in [2.45, 2.75) is 33.1 Å². The van der Waals surface area contributed by atoms with E-state index in [0.29, 0.717) is 5.57 Å². The number of carboxylic acids is 1. The molecule has 1 rings (SSSR count). The van der Waals surface area contributed by atoms with Gasteiger partial charge in [0.1, 0.15) is 0 Å². The van der Waals surface area contributed by atoms with Crippen LogP contribution in [-0.4, -0.2) is 11.1 Å². The van der Waals surface area contributed by atoms with Crippen LogP contribution >= 0.6 is 0 Å². The second-order valence-electron chi connectivity index (χ2n) is 3.36. The first-order valence-corrected chi connectivity index (χ1v) is 4.01. The zero-order valence-corrected chi connectivity index (χ0v) is 7.05. The molecule has 2 nitrogen and oxygen atoms in total. The summed E-state index contributed by atoms with van der Waals surface area (Å²) < 4.78 is 0. The smallest absolute Gasteiger partial charge is 0.331 e. The van der Waals surface area contributed by atoms with Gasteiger partial charge in [0.15, 0.2) is 0 Å². The minimum atomic E-state index is -0.775. The molecule has 0 heterocycles. The molecule has 1 N–H and O–H groups in total. The highest BCUT2D eigenvalue weighted by Crippen LogP contribution is 2.35. The largest absolute Gasteiger partial charge is 0.478 e. The summed E-state index contributed by atoms with van der Waals surface area (Å²) in [6.45, 7) is 3.60. The third-order valence-corrected chi connectivity index (χ3v) is 2.25. The van der Waals surface area contributed by atoms with Crippen molar-refractivity contribution < 1.29 is 9.90 Å². The van der Waals surface area contributed by atoms with Crippen LogP contribution in [0.5, 0.6) is 0 Å². The molecule has 1 saturated carbocycles. The van der Waals surface area contributed by atoms with Crippen molar-refractivity contribution in [3.05, 3.63) is 11.1 Å². The summed E-state index contributed by atoms with van der Waals surface area (Å²) in [5.74, 6) is 0.00690. The van der Waals surface area contributed by atoms with Gasteiger partial charge in [-0.05, 0) is 39.0 Å². The van der Waals surface area contributed by atoms with Crippen LogP contribution in [0.4, 0.5) is 0 Å². The van der Waals surface area contributed by atoms with Gasteiger partial charge in [-0.25, -0.2) is 4.79 Å². The molecule has 0 aromatic carbocycles. The van der Waals surface area contributed by atoms with E-state index in [1.165, 1.54) is 12.8 Å². The molecular weight excluding hydrogens is 140 g/mol. The third-order valence-electron chi connectivity index (χ3n) is 2.25. The van der Waals surface area contributed by atoms with E-state index in [4.69, 9.17) is 5.11 Å². The molecule has 62 valence electrons. The minimum absolute atomic E-state index is 0.525. The number of carbonyl (C=O) groups is 1. The molecule has 0 unspecified atom stereocenters. The molecule has 0 aromatic heterocycles. The normalized spacial score (nSPS) is 19.5. The average molecular weight is 154 g/mol. The van der Waals surface area contributed by atoms with Gasteiger partial charge < -0.3 is 5.11 Å². The summed E-state index contributed by atoms with van der Waals surface area (Å²) in [7, 11) is 0. The van der Waals surface area contributed by atoms with E-state index in [-0.39, 0.29) is 0 Å². The monoisotopic (exact) mass is 154 g/mol. The van der Waals surface area contributed by atoms with E-state index in [2.05, 4.69) is 0 Å². The molecular formula is C9H14O2. The summed E-state index contributed by atoms with van der Waals surface area (Å²) in [5, 5.41) is 8.63. The first-order valence-electron chi connectivity index (χ1n) is 4.01. The van der Waals surface area contributed by atoms with Gasteiger partial charge in [0.25, 0.3) is 0 Å². The first kappa shape index (κ1) is 8.31. The van der Waals surface area contributed by atoms with Crippen molar-refractivity contribution in [2.24, 2.45) is 5.92 Å². The lowest BCUT2D eigenvalue weighted by Gasteiger charge is -2.01. The molecule has 0 radical (unpaired) electrons. The van der Waals surface area contributed by atoms with Crippen LogP contribution in [0.3, 0.4) is 0 Å². The van der Waals surface area contributed by atoms with Crippen molar-refractivity contribution in [1.29, 1.82) is 0 Å². The summed E-state index contributed by atoms with van der Waals surface area (Å²) >= 11 is 0. The highest BCUT2D eigenvalue weighted by atomic mass is 16.4.